The van der Waals surface area contributed by atoms with Gasteiger partial charge in [0.2, 0.25) is 0 Å². The maximum absolute atomic E-state index is 11.7. The first-order valence-electron chi connectivity index (χ1n) is 4.84. The molecule has 1 aromatic carbocycles. The van der Waals surface area contributed by atoms with Gasteiger partial charge in [0, 0.05) is 6.20 Å². The predicted octanol–water partition coefficient (Wildman–Crippen LogP) is 2.76. The van der Waals surface area contributed by atoms with Gasteiger partial charge in [-0.15, -0.1) is 24.8 Å². The van der Waals surface area contributed by atoms with Crippen LogP contribution in [0.25, 0.3) is 0 Å². The van der Waals surface area contributed by atoms with Crippen molar-refractivity contribution in [1.82, 2.24) is 4.98 Å². The molecule has 0 bridgehead atoms. The Morgan fingerprint density at radius 2 is 1.72 bits per heavy atom. The lowest BCUT2D eigenvalue weighted by atomic mass is 10.2. The smallest absolute Gasteiger partial charge is 0.274 e. The van der Waals surface area contributed by atoms with Crippen molar-refractivity contribution in [2.75, 3.05) is 11.1 Å². The van der Waals surface area contributed by atoms with Gasteiger partial charge in [0.1, 0.15) is 5.69 Å². The number of carbonyl (C=O) groups excluding carboxylic acids is 1. The summed E-state index contributed by atoms with van der Waals surface area (Å²) in [5.41, 5.74) is 7.21. The number of nitrogen functional groups attached to an aromatic ring is 1. The summed E-state index contributed by atoms with van der Waals surface area (Å²) in [6, 6.07) is 12.3. The van der Waals surface area contributed by atoms with Crippen LogP contribution in [0.1, 0.15) is 10.5 Å². The molecule has 0 saturated carbocycles. The molecule has 1 amide bonds. The van der Waals surface area contributed by atoms with Crippen LogP contribution in [0.4, 0.5) is 11.4 Å². The van der Waals surface area contributed by atoms with Crippen LogP contribution < -0.4 is 11.1 Å². The summed E-state index contributed by atoms with van der Waals surface area (Å²) in [5, 5.41) is 2.70. The summed E-state index contributed by atoms with van der Waals surface area (Å²) < 4.78 is 0. The fourth-order valence-corrected chi connectivity index (χ4v) is 1.29. The Kier molecular flexibility index (Phi) is 6.78. The molecule has 0 saturated heterocycles. The average molecular weight is 286 g/mol. The fourth-order valence-electron chi connectivity index (χ4n) is 1.29. The van der Waals surface area contributed by atoms with Crippen molar-refractivity contribution in [2.24, 2.45) is 0 Å². The van der Waals surface area contributed by atoms with Gasteiger partial charge in [-0.05, 0) is 24.3 Å². The molecule has 1 heterocycles. The number of benzene rings is 1. The van der Waals surface area contributed by atoms with Crippen LogP contribution in [0, 0.1) is 0 Å². The minimum atomic E-state index is -0.265. The van der Waals surface area contributed by atoms with Gasteiger partial charge in [0.25, 0.3) is 5.91 Å². The van der Waals surface area contributed by atoms with Gasteiger partial charge in [-0.1, -0.05) is 18.2 Å². The van der Waals surface area contributed by atoms with E-state index >= 15 is 0 Å². The van der Waals surface area contributed by atoms with Crippen LogP contribution in [0.3, 0.4) is 0 Å². The Labute approximate surface area is 117 Å². The average Bonchev–Trinajstić information content (AvgIpc) is 2.33. The molecule has 0 aliphatic heterocycles. The highest BCUT2D eigenvalue weighted by Gasteiger charge is 2.07. The van der Waals surface area contributed by atoms with Crippen molar-refractivity contribution in [3.05, 3.63) is 54.4 Å². The minimum absolute atomic E-state index is 0. The molecule has 2 rings (SSSR count). The van der Waals surface area contributed by atoms with Crippen LogP contribution >= 0.6 is 24.8 Å². The number of nitrogens with two attached hydrogens (primary N) is 1. The number of pyridine rings is 1. The SMILES string of the molecule is Cl.Cl.Nc1ccccc1NC(=O)c1ccccn1. The van der Waals surface area contributed by atoms with E-state index in [0.29, 0.717) is 17.1 Å². The standard InChI is InChI=1S/C12H11N3O.2ClH/c13-9-5-1-2-6-10(9)15-12(16)11-7-3-4-8-14-11;;/h1-8H,13H2,(H,15,16);2*1H. The number of anilines is 2. The quantitative estimate of drug-likeness (QED) is 0.834. The molecule has 4 nitrogen and oxygen atoms in total. The molecule has 0 atom stereocenters. The van der Waals surface area contributed by atoms with Gasteiger partial charge in [-0.3, -0.25) is 9.78 Å². The molecule has 0 aliphatic carbocycles. The third-order valence-corrected chi connectivity index (χ3v) is 2.11. The second-order valence-corrected chi connectivity index (χ2v) is 3.26. The number of aromatic nitrogens is 1. The number of hydrogen-bond acceptors (Lipinski definition) is 3. The van der Waals surface area contributed by atoms with Crippen LogP contribution in [0.2, 0.25) is 0 Å². The zero-order valence-corrected chi connectivity index (χ0v) is 11.0. The van der Waals surface area contributed by atoms with E-state index in [1.165, 1.54) is 0 Å². The molecule has 0 fully saturated rings. The van der Waals surface area contributed by atoms with Crippen LogP contribution in [0.15, 0.2) is 48.7 Å². The van der Waals surface area contributed by atoms with E-state index in [9.17, 15) is 4.79 Å². The maximum Gasteiger partial charge on any atom is 0.274 e. The van der Waals surface area contributed by atoms with Gasteiger partial charge in [0.15, 0.2) is 0 Å². The Hall–Kier alpha value is -1.78. The molecule has 3 N–H and O–H groups in total. The third-order valence-electron chi connectivity index (χ3n) is 2.11. The minimum Gasteiger partial charge on any atom is -0.397 e. The van der Waals surface area contributed by atoms with E-state index in [1.807, 2.05) is 12.1 Å². The number of nitrogens with one attached hydrogen (secondary N) is 1. The zero-order chi connectivity index (χ0) is 11.4. The predicted molar refractivity (Wildman–Crippen MR) is 77.5 cm³/mol. The van der Waals surface area contributed by atoms with Crippen molar-refractivity contribution in [1.29, 1.82) is 0 Å². The molecule has 2 aromatic rings. The third kappa shape index (κ3) is 3.91. The maximum atomic E-state index is 11.7. The Bertz CT molecular complexity index is 506. The molecule has 0 aliphatic rings. The normalized spacial score (nSPS) is 8.67. The summed E-state index contributed by atoms with van der Waals surface area (Å²) >= 11 is 0. The van der Waals surface area contributed by atoms with Gasteiger partial charge in [-0.25, -0.2) is 0 Å². The molecule has 96 valence electrons. The van der Waals surface area contributed by atoms with E-state index < -0.39 is 0 Å². The summed E-state index contributed by atoms with van der Waals surface area (Å²) in [6.07, 6.45) is 1.57. The zero-order valence-electron chi connectivity index (χ0n) is 9.37. The van der Waals surface area contributed by atoms with Crippen LogP contribution in [-0.4, -0.2) is 10.9 Å². The van der Waals surface area contributed by atoms with Gasteiger partial charge in [0.05, 0.1) is 11.4 Å². The van der Waals surface area contributed by atoms with Gasteiger partial charge >= 0.3 is 0 Å². The highest BCUT2D eigenvalue weighted by Crippen LogP contribution is 2.17. The van der Waals surface area contributed by atoms with Crippen molar-refractivity contribution in [2.45, 2.75) is 0 Å². The lowest BCUT2D eigenvalue weighted by molar-refractivity contribution is 0.102. The summed E-state index contributed by atoms with van der Waals surface area (Å²) in [4.78, 5) is 15.7. The number of nitrogens with zero attached hydrogens (tertiary/aromatic N) is 1. The number of hydrogen-bond donors (Lipinski definition) is 2. The highest BCUT2D eigenvalue weighted by molar-refractivity contribution is 6.04. The number of halogens is 2. The number of rotatable bonds is 2. The lowest BCUT2D eigenvalue weighted by Crippen LogP contribution is -2.14. The summed E-state index contributed by atoms with van der Waals surface area (Å²) in [6.45, 7) is 0. The Morgan fingerprint density at radius 3 is 2.33 bits per heavy atom. The number of amides is 1. The Morgan fingerprint density at radius 1 is 1.06 bits per heavy atom. The van der Waals surface area contributed by atoms with Crippen molar-refractivity contribution in [3.8, 4) is 0 Å². The van der Waals surface area contributed by atoms with E-state index in [0.717, 1.165) is 0 Å². The molecule has 0 radical (unpaired) electrons. The van der Waals surface area contributed by atoms with Gasteiger partial charge in [-0.2, -0.15) is 0 Å². The largest absolute Gasteiger partial charge is 0.397 e. The van der Waals surface area contributed by atoms with Crippen molar-refractivity contribution < 1.29 is 4.79 Å². The lowest BCUT2D eigenvalue weighted by Gasteiger charge is -2.06. The van der Waals surface area contributed by atoms with E-state index in [1.54, 1.807) is 36.5 Å². The molecule has 1 aromatic heterocycles. The summed E-state index contributed by atoms with van der Waals surface area (Å²) in [7, 11) is 0. The second kappa shape index (κ2) is 7.53. The second-order valence-electron chi connectivity index (χ2n) is 3.26. The molecule has 0 unspecified atom stereocenters. The molecule has 18 heavy (non-hydrogen) atoms. The Balaban J connectivity index is 0.00000144. The van der Waals surface area contributed by atoms with E-state index in [4.69, 9.17) is 5.73 Å². The number of para-hydroxylation sites is 2. The van der Waals surface area contributed by atoms with E-state index in [-0.39, 0.29) is 30.7 Å². The molecule has 0 spiro atoms. The highest BCUT2D eigenvalue weighted by atomic mass is 35.5. The molecular formula is C12H13Cl2N3O. The summed E-state index contributed by atoms with van der Waals surface area (Å²) in [5.74, 6) is -0.265. The fraction of sp³-hybridized carbons (Fsp3) is 0. The van der Waals surface area contributed by atoms with E-state index in [2.05, 4.69) is 10.3 Å². The van der Waals surface area contributed by atoms with Gasteiger partial charge < -0.3 is 11.1 Å². The van der Waals surface area contributed by atoms with Crippen LogP contribution in [-0.2, 0) is 0 Å². The van der Waals surface area contributed by atoms with Crippen molar-refractivity contribution >= 4 is 42.1 Å². The topological polar surface area (TPSA) is 68.0 Å². The first-order valence-corrected chi connectivity index (χ1v) is 4.84. The first kappa shape index (κ1) is 16.2. The monoisotopic (exact) mass is 285 g/mol. The first-order chi connectivity index (χ1) is 7.77. The number of carbonyl (C=O) groups is 1. The molecule has 6 heteroatoms. The molecular weight excluding hydrogens is 273 g/mol. The van der Waals surface area contributed by atoms with Crippen LogP contribution in [0.5, 0.6) is 0 Å². The van der Waals surface area contributed by atoms with Crippen molar-refractivity contribution in [3.63, 3.8) is 0 Å².